The van der Waals surface area contributed by atoms with Gasteiger partial charge in [0.2, 0.25) is 0 Å². The van der Waals surface area contributed by atoms with E-state index < -0.39 is 10.1 Å². The van der Waals surface area contributed by atoms with Gasteiger partial charge in [-0.25, -0.2) is 9.67 Å². The van der Waals surface area contributed by atoms with E-state index in [1.807, 2.05) is 18.2 Å². The van der Waals surface area contributed by atoms with Crippen molar-refractivity contribution in [2.24, 2.45) is 0 Å². The van der Waals surface area contributed by atoms with Crippen LogP contribution < -0.4 is 0 Å². The molecule has 96 valence electrons. The molecule has 7 heteroatoms. The lowest BCUT2D eigenvalue weighted by Crippen LogP contribution is -2.02. The van der Waals surface area contributed by atoms with E-state index in [0.29, 0.717) is 17.1 Å². The normalized spacial score (nSPS) is 11.7. The fraction of sp³-hybridized carbons (Fsp3) is 0.273. The van der Waals surface area contributed by atoms with Crippen LogP contribution in [-0.4, -0.2) is 29.4 Å². The minimum absolute atomic E-state index is 0.0164. The van der Waals surface area contributed by atoms with Gasteiger partial charge in [-0.3, -0.25) is 4.18 Å². The minimum Gasteiger partial charge on any atom is -0.265 e. The molecule has 0 N–H and O–H groups in total. The fourth-order valence-corrected chi connectivity index (χ4v) is 1.76. The summed E-state index contributed by atoms with van der Waals surface area (Å²) in [5, 5.41) is 4.26. The average molecular weight is 267 g/mol. The van der Waals surface area contributed by atoms with E-state index in [0.717, 1.165) is 6.26 Å². The van der Waals surface area contributed by atoms with Gasteiger partial charge in [0, 0.05) is 18.0 Å². The first kappa shape index (κ1) is 12.7. The van der Waals surface area contributed by atoms with Crippen LogP contribution in [0.15, 0.2) is 30.6 Å². The van der Waals surface area contributed by atoms with Crippen LogP contribution in [0, 0.1) is 6.92 Å². The van der Waals surface area contributed by atoms with E-state index in [1.165, 1.54) is 0 Å². The summed E-state index contributed by atoms with van der Waals surface area (Å²) in [4.78, 5) is 4.15. The van der Waals surface area contributed by atoms with Crippen LogP contribution >= 0.6 is 0 Å². The van der Waals surface area contributed by atoms with E-state index in [4.69, 9.17) is 4.18 Å². The Balaban J connectivity index is 2.23. The van der Waals surface area contributed by atoms with Crippen molar-refractivity contribution >= 4 is 10.1 Å². The molecule has 0 bridgehead atoms. The first-order chi connectivity index (χ1) is 8.46. The van der Waals surface area contributed by atoms with Crippen LogP contribution in [0.5, 0.6) is 0 Å². The topological polar surface area (TPSA) is 74.1 Å². The SMILES string of the molecule is Cc1nn(-c2ccccn2)cc1COS(C)(=O)=O. The summed E-state index contributed by atoms with van der Waals surface area (Å²) >= 11 is 0. The molecule has 0 aliphatic heterocycles. The molecule has 2 aromatic rings. The lowest BCUT2D eigenvalue weighted by atomic mass is 10.3. The van der Waals surface area contributed by atoms with Crippen molar-refractivity contribution in [2.75, 3.05) is 6.26 Å². The van der Waals surface area contributed by atoms with Crippen molar-refractivity contribution in [3.63, 3.8) is 0 Å². The monoisotopic (exact) mass is 267 g/mol. The number of rotatable bonds is 4. The highest BCUT2D eigenvalue weighted by Crippen LogP contribution is 2.11. The third-order valence-electron chi connectivity index (χ3n) is 2.31. The minimum atomic E-state index is -3.45. The van der Waals surface area contributed by atoms with Gasteiger partial charge in [0.05, 0.1) is 18.6 Å². The highest BCUT2D eigenvalue weighted by molar-refractivity contribution is 7.85. The largest absolute Gasteiger partial charge is 0.265 e. The van der Waals surface area contributed by atoms with Crippen LogP contribution in [0.1, 0.15) is 11.3 Å². The molecule has 0 aliphatic rings. The van der Waals surface area contributed by atoms with E-state index in [9.17, 15) is 8.42 Å². The lowest BCUT2D eigenvalue weighted by Gasteiger charge is -1.99. The molecule has 0 amide bonds. The predicted molar refractivity (Wildman–Crippen MR) is 65.7 cm³/mol. The molecule has 0 spiro atoms. The molecule has 6 nitrogen and oxygen atoms in total. The molecule has 18 heavy (non-hydrogen) atoms. The van der Waals surface area contributed by atoms with Gasteiger partial charge in [-0.15, -0.1) is 0 Å². The first-order valence-electron chi connectivity index (χ1n) is 5.27. The highest BCUT2D eigenvalue weighted by Gasteiger charge is 2.10. The van der Waals surface area contributed by atoms with Crippen LogP contribution in [0.4, 0.5) is 0 Å². The third kappa shape index (κ3) is 3.14. The number of hydrogen-bond acceptors (Lipinski definition) is 5. The standard InChI is InChI=1S/C11H13N3O3S/c1-9-10(8-17-18(2,15)16)7-14(13-9)11-5-3-4-6-12-11/h3-7H,8H2,1-2H3. The summed E-state index contributed by atoms with van der Waals surface area (Å²) < 4.78 is 28.2. The number of nitrogens with zero attached hydrogens (tertiary/aromatic N) is 3. The zero-order valence-electron chi connectivity index (χ0n) is 10.1. The lowest BCUT2D eigenvalue weighted by molar-refractivity contribution is 0.311. The maximum absolute atomic E-state index is 10.9. The molecule has 0 atom stereocenters. The van der Waals surface area contributed by atoms with Crippen molar-refractivity contribution < 1.29 is 12.6 Å². The van der Waals surface area contributed by atoms with Crippen LogP contribution in [0.25, 0.3) is 5.82 Å². The molecule has 0 radical (unpaired) electrons. The second-order valence-corrected chi connectivity index (χ2v) is 5.48. The Kier molecular flexibility index (Phi) is 3.44. The number of aromatic nitrogens is 3. The van der Waals surface area contributed by atoms with E-state index in [-0.39, 0.29) is 6.61 Å². The summed E-state index contributed by atoms with van der Waals surface area (Å²) in [6.07, 6.45) is 4.40. The Morgan fingerprint density at radius 2 is 2.17 bits per heavy atom. The quantitative estimate of drug-likeness (QED) is 0.774. The molecule has 0 unspecified atom stereocenters. The zero-order valence-corrected chi connectivity index (χ0v) is 10.9. The molecular weight excluding hydrogens is 254 g/mol. The van der Waals surface area contributed by atoms with Gasteiger partial charge in [-0.1, -0.05) is 6.07 Å². The maximum atomic E-state index is 10.9. The first-order valence-corrected chi connectivity index (χ1v) is 7.08. The second kappa shape index (κ2) is 4.87. The predicted octanol–water partition coefficient (Wildman–Crippen LogP) is 1.05. The van der Waals surface area contributed by atoms with Gasteiger partial charge in [-0.2, -0.15) is 13.5 Å². The van der Waals surface area contributed by atoms with Gasteiger partial charge >= 0.3 is 0 Å². The van der Waals surface area contributed by atoms with Crippen molar-refractivity contribution in [1.82, 2.24) is 14.8 Å². The Hall–Kier alpha value is -1.73. The summed E-state index contributed by atoms with van der Waals surface area (Å²) in [7, 11) is -3.45. The molecule has 0 fully saturated rings. The van der Waals surface area contributed by atoms with Crippen molar-refractivity contribution in [2.45, 2.75) is 13.5 Å². The zero-order chi connectivity index (χ0) is 13.2. The summed E-state index contributed by atoms with van der Waals surface area (Å²) in [6, 6.07) is 5.48. The average Bonchev–Trinajstić information content (AvgIpc) is 2.68. The number of aryl methyl sites for hydroxylation is 1. The van der Waals surface area contributed by atoms with Crippen molar-refractivity contribution in [3.8, 4) is 5.82 Å². The van der Waals surface area contributed by atoms with Gasteiger partial charge in [0.15, 0.2) is 5.82 Å². The Bertz CT molecular complexity index is 635. The molecular formula is C11H13N3O3S. The van der Waals surface area contributed by atoms with E-state index in [2.05, 4.69) is 10.1 Å². The summed E-state index contributed by atoms with van der Waals surface area (Å²) in [6.45, 7) is 1.78. The Labute approximate surface area is 105 Å². The van der Waals surface area contributed by atoms with E-state index >= 15 is 0 Å². The van der Waals surface area contributed by atoms with Crippen molar-refractivity contribution in [3.05, 3.63) is 41.9 Å². The summed E-state index contributed by atoms with van der Waals surface area (Å²) in [5.41, 5.74) is 1.43. The van der Waals surface area contributed by atoms with Crippen LogP contribution in [0.2, 0.25) is 0 Å². The molecule has 2 rings (SSSR count). The van der Waals surface area contributed by atoms with Gasteiger partial charge in [0.25, 0.3) is 10.1 Å². The summed E-state index contributed by atoms with van der Waals surface area (Å²) in [5.74, 6) is 0.672. The Morgan fingerprint density at radius 3 is 2.78 bits per heavy atom. The van der Waals surface area contributed by atoms with Gasteiger partial charge < -0.3 is 0 Å². The smallest absolute Gasteiger partial charge is 0.264 e. The molecule has 0 saturated heterocycles. The Morgan fingerprint density at radius 1 is 1.39 bits per heavy atom. The second-order valence-electron chi connectivity index (χ2n) is 3.84. The van der Waals surface area contributed by atoms with Crippen LogP contribution in [0.3, 0.4) is 0 Å². The van der Waals surface area contributed by atoms with Crippen LogP contribution in [-0.2, 0) is 20.9 Å². The molecule has 0 aliphatic carbocycles. The molecule has 0 aromatic carbocycles. The van der Waals surface area contributed by atoms with Gasteiger partial charge in [0.1, 0.15) is 0 Å². The fourth-order valence-electron chi connectivity index (χ4n) is 1.41. The maximum Gasteiger partial charge on any atom is 0.264 e. The van der Waals surface area contributed by atoms with E-state index in [1.54, 1.807) is 24.0 Å². The highest BCUT2D eigenvalue weighted by atomic mass is 32.2. The number of pyridine rings is 1. The molecule has 2 heterocycles. The molecule has 0 saturated carbocycles. The third-order valence-corrected chi connectivity index (χ3v) is 2.86. The number of hydrogen-bond donors (Lipinski definition) is 0. The van der Waals surface area contributed by atoms with Crippen molar-refractivity contribution in [1.29, 1.82) is 0 Å². The van der Waals surface area contributed by atoms with Gasteiger partial charge in [-0.05, 0) is 19.1 Å². The molecule has 2 aromatic heterocycles.